The lowest BCUT2D eigenvalue weighted by Gasteiger charge is -2.15. The second-order valence-electron chi connectivity index (χ2n) is 3.42. The van der Waals surface area contributed by atoms with Crippen molar-refractivity contribution in [3.8, 4) is 5.75 Å². The Balaban J connectivity index is 2.64. The van der Waals surface area contributed by atoms with Gasteiger partial charge in [0.1, 0.15) is 11.9 Å². The van der Waals surface area contributed by atoms with Crippen molar-refractivity contribution in [2.45, 2.75) is 12.2 Å². The average Bonchev–Trinajstić information content (AvgIpc) is 2.35. The van der Waals surface area contributed by atoms with Crippen molar-refractivity contribution in [1.82, 2.24) is 0 Å². The summed E-state index contributed by atoms with van der Waals surface area (Å²) in [6.07, 6.45) is -2.11. The zero-order valence-electron chi connectivity index (χ0n) is 8.91. The first-order valence-electron chi connectivity index (χ1n) is 4.91. The normalized spacial score (nSPS) is 14.1. The van der Waals surface area contributed by atoms with Gasteiger partial charge in [-0.3, -0.25) is 0 Å². The molecular weight excluding hydrogens is 248 g/mol. The molecule has 0 saturated carbocycles. The summed E-state index contributed by atoms with van der Waals surface area (Å²) in [5.41, 5.74) is 0.487. The fraction of sp³-hybridized carbons (Fsp3) is 0.364. The van der Waals surface area contributed by atoms with Gasteiger partial charge >= 0.3 is 5.97 Å². The molecule has 0 spiro atoms. The van der Waals surface area contributed by atoms with Gasteiger partial charge in [-0.25, -0.2) is 4.79 Å². The van der Waals surface area contributed by atoms with Crippen LogP contribution in [0.2, 0.25) is 0 Å². The number of benzene rings is 1. The predicted octanol–water partition coefficient (Wildman–Crippen LogP) is 0.783. The topological polar surface area (TPSA) is 87.0 Å². The largest absolute Gasteiger partial charge is 0.482 e. The zero-order valence-corrected chi connectivity index (χ0v) is 9.67. The van der Waals surface area contributed by atoms with E-state index in [1.165, 1.54) is 24.3 Å². The second-order valence-corrected chi connectivity index (χ2v) is 3.73. The number of carboxylic acids is 1. The van der Waals surface area contributed by atoms with Crippen LogP contribution in [0.15, 0.2) is 24.3 Å². The van der Waals surface area contributed by atoms with E-state index in [1.54, 1.807) is 0 Å². The number of alkyl halides is 1. The van der Waals surface area contributed by atoms with Gasteiger partial charge in [0.25, 0.3) is 0 Å². The molecule has 6 heteroatoms. The van der Waals surface area contributed by atoms with Crippen molar-refractivity contribution in [3.05, 3.63) is 29.8 Å². The summed E-state index contributed by atoms with van der Waals surface area (Å²) < 4.78 is 4.92. The molecule has 0 saturated heterocycles. The molecule has 5 nitrogen and oxygen atoms in total. The molecular formula is C11H13ClO5. The van der Waals surface area contributed by atoms with Crippen LogP contribution in [0.1, 0.15) is 11.7 Å². The van der Waals surface area contributed by atoms with Gasteiger partial charge in [0.15, 0.2) is 6.61 Å². The zero-order chi connectivity index (χ0) is 12.8. The van der Waals surface area contributed by atoms with Crippen LogP contribution in [0.5, 0.6) is 5.75 Å². The Bertz CT molecular complexity index is 365. The monoisotopic (exact) mass is 260 g/mol. The molecule has 3 N–H and O–H groups in total. The van der Waals surface area contributed by atoms with Crippen LogP contribution in [0.25, 0.3) is 0 Å². The van der Waals surface area contributed by atoms with Crippen LogP contribution < -0.4 is 4.74 Å². The Morgan fingerprint density at radius 2 is 1.88 bits per heavy atom. The van der Waals surface area contributed by atoms with Crippen molar-refractivity contribution in [2.24, 2.45) is 0 Å². The number of hydrogen-bond donors (Lipinski definition) is 3. The van der Waals surface area contributed by atoms with E-state index in [4.69, 9.17) is 21.4 Å². The maximum absolute atomic E-state index is 10.3. The van der Waals surface area contributed by atoms with Crippen molar-refractivity contribution in [3.63, 3.8) is 0 Å². The summed E-state index contributed by atoms with van der Waals surface area (Å²) in [6.45, 7) is -0.424. The van der Waals surface area contributed by atoms with Gasteiger partial charge < -0.3 is 20.1 Å². The lowest BCUT2D eigenvalue weighted by molar-refractivity contribution is -0.139. The summed E-state index contributed by atoms with van der Waals surface area (Å²) in [5, 5.41) is 27.4. The van der Waals surface area contributed by atoms with E-state index in [-0.39, 0.29) is 5.88 Å². The van der Waals surface area contributed by atoms with Crippen molar-refractivity contribution < 1.29 is 24.9 Å². The Labute approximate surface area is 103 Å². The number of aliphatic hydroxyl groups excluding tert-OH is 2. The van der Waals surface area contributed by atoms with Gasteiger partial charge in [-0.1, -0.05) is 12.1 Å². The molecule has 1 aromatic carbocycles. The third-order valence-corrected chi connectivity index (χ3v) is 2.42. The fourth-order valence-electron chi connectivity index (χ4n) is 1.21. The lowest BCUT2D eigenvalue weighted by atomic mass is 10.1. The Morgan fingerprint density at radius 1 is 1.29 bits per heavy atom. The molecule has 0 heterocycles. The Morgan fingerprint density at radius 3 is 2.35 bits per heavy atom. The quantitative estimate of drug-likeness (QED) is 0.658. The molecule has 94 valence electrons. The van der Waals surface area contributed by atoms with Crippen LogP contribution in [0.4, 0.5) is 0 Å². The number of carbonyl (C=O) groups is 1. The van der Waals surface area contributed by atoms with Gasteiger partial charge in [-0.15, -0.1) is 11.6 Å². The SMILES string of the molecule is O=C(O)COc1ccc(C(O)C(O)CCl)cc1. The van der Waals surface area contributed by atoms with Crippen LogP contribution in [-0.4, -0.2) is 39.9 Å². The molecule has 0 aromatic heterocycles. The number of hydrogen-bond acceptors (Lipinski definition) is 4. The van der Waals surface area contributed by atoms with E-state index in [9.17, 15) is 15.0 Å². The molecule has 0 fully saturated rings. The highest BCUT2D eigenvalue weighted by molar-refractivity contribution is 6.18. The van der Waals surface area contributed by atoms with Gasteiger partial charge in [0.2, 0.25) is 0 Å². The summed E-state index contributed by atoms with van der Waals surface area (Å²) in [7, 11) is 0. The molecule has 1 rings (SSSR count). The van der Waals surface area contributed by atoms with Crippen LogP contribution in [-0.2, 0) is 4.79 Å². The Hall–Kier alpha value is -1.30. The lowest BCUT2D eigenvalue weighted by Crippen LogP contribution is -2.19. The maximum atomic E-state index is 10.3. The molecule has 2 unspecified atom stereocenters. The van der Waals surface area contributed by atoms with Crippen LogP contribution >= 0.6 is 11.6 Å². The standard InChI is InChI=1S/C11H13ClO5/c12-5-9(13)11(16)7-1-3-8(4-2-7)17-6-10(14)15/h1-4,9,11,13,16H,5-6H2,(H,14,15). The highest BCUT2D eigenvalue weighted by atomic mass is 35.5. The van der Waals surface area contributed by atoms with Gasteiger partial charge in [-0.05, 0) is 17.7 Å². The first-order valence-corrected chi connectivity index (χ1v) is 5.44. The fourth-order valence-corrected chi connectivity index (χ4v) is 1.38. The minimum absolute atomic E-state index is 0.0710. The molecule has 17 heavy (non-hydrogen) atoms. The van der Waals surface area contributed by atoms with Crippen molar-refractivity contribution in [1.29, 1.82) is 0 Å². The van der Waals surface area contributed by atoms with Gasteiger partial charge in [0, 0.05) is 0 Å². The van der Waals surface area contributed by atoms with Crippen LogP contribution in [0.3, 0.4) is 0 Å². The van der Waals surface area contributed by atoms with E-state index in [0.717, 1.165) is 0 Å². The number of aliphatic hydroxyl groups is 2. The molecule has 0 aliphatic heterocycles. The molecule has 0 radical (unpaired) electrons. The van der Waals surface area contributed by atoms with E-state index in [1.807, 2.05) is 0 Å². The summed E-state index contributed by atoms with van der Waals surface area (Å²) >= 11 is 5.41. The Kier molecular flexibility index (Phi) is 5.21. The smallest absolute Gasteiger partial charge is 0.341 e. The van der Waals surface area contributed by atoms with Crippen LogP contribution in [0, 0.1) is 0 Å². The molecule has 0 bridgehead atoms. The highest BCUT2D eigenvalue weighted by Crippen LogP contribution is 2.20. The summed E-state index contributed by atoms with van der Waals surface area (Å²) in [6, 6.07) is 6.11. The van der Waals surface area contributed by atoms with E-state index >= 15 is 0 Å². The van der Waals surface area contributed by atoms with E-state index < -0.39 is 24.8 Å². The first kappa shape index (κ1) is 13.8. The van der Waals surface area contributed by atoms with Gasteiger partial charge in [-0.2, -0.15) is 0 Å². The number of aliphatic carboxylic acids is 1. The predicted molar refractivity (Wildman–Crippen MR) is 61.3 cm³/mol. The molecule has 0 aliphatic carbocycles. The van der Waals surface area contributed by atoms with Gasteiger partial charge in [0.05, 0.1) is 12.0 Å². The number of ether oxygens (including phenoxy) is 1. The number of halogens is 1. The number of rotatable bonds is 6. The van der Waals surface area contributed by atoms with E-state index in [2.05, 4.69) is 0 Å². The first-order chi connectivity index (χ1) is 8.04. The summed E-state index contributed by atoms with van der Waals surface area (Å²) in [4.78, 5) is 10.3. The van der Waals surface area contributed by atoms with E-state index in [0.29, 0.717) is 11.3 Å². The third-order valence-electron chi connectivity index (χ3n) is 2.11. The number of carboxylic acid groups (broad SMARTS) is 1. The molecule has 0 aliphatic rings. The molecule has 2 atom stereocenters. The third kappa shape index (κ3) is 4.22. The van der Waals surface area contributed by atoms with Crippen molar-refractivity contribution >= 4 is 17.6 Å². The average molecular weight is 261 g/mol. The minimum Gasteiger partial charge on any atom is -0.482 e. The van der Waals surface area contributed by atoms with Crippen molar-refractivity contribution in [2.75, 3.05) is 12.5 Å². The second kappa shape index (κ2) is 6.44. The summed E-state index contributed by atoms with van der Waals surface area (Å²) in [5.74, 6) is -0.756. The molecule has 1 aromatic rings. The maximum Gasteiger partial charge on any atom is 0.341 e. The minimum atomic E-state index is -1.07. The highest BCUT2D eigenvalue weighted by Gasteiger charge is 2.17. The molecule has 0 amide bonds.